The van der Waals surface area contributed by atoms with Crippen LogP contribution in [0.15, 0.2) is 41.2 Å². The Kier molecular flexibility index (Phi) is 4.75. The van der Waals surface area contributed by atoms with Crippen LogP contribution in [0, 0.1) is 13.8 Å². The molecule has 0 spiro atoms. The number of benzene rings is 1. The van der Waals surface area contributed by atoms with Crippen molar-refractivity contribution < 1.29 is 9.32 Å². The van der Waals surface area contributed by atoms with Gasteiger partial charge in [-0.05, 0) is 50.5 Å². The smallest absolute Gasteiger partial charge is 0.253 e. The quantitative estimate of drug-likeness (QED) is 0.710. The van der Waals surface area contributed by atoms with E-state index in [9.17, 15) is 4.79 Å². The maximum Gasteiger partial charge on any atom is 0.253 e. The predicted octanol–water partition coefficient (Wildman–Crippen LogP) is 2.95. The third kappa shape index (κ3) is 3.77. The van der Waals surface area contributed by atoms with E-state index in [1.165, 1.54) is 6.39 Å². The second-order valence-corrected chi connectivity index (χ2v) is 7.14. The van der Waals surface area contributed by atoms with Gasteiger partial charge in [-0.15, -0.1) is 0 Å². The van der Waals surface area contributed by atoms with Gasteiger partial charge in [0.2, 0.25) is 6.39 Å². The highest BCUT2D eigenvalue weighted by atomic mass is 16.5. The van der Waals surface area contributed by atoms with Crippen LogP contribution in [-0.2, 0) is 6.54 Å². The zero-order valence-electron chi connectivity index (χ0n) is 15.6. The highest BCUT2D eigenvalue weighted by molar-refractivity contribution is 5.94. The van der Waals surface area contributed by atoms with Gasteiger partial charge in [0.05, 0.1) is 12.2 Å². The summed E-state index contributed by atoms with van der Waals surface area (Å²) in [6, 6.07) is 9.90. The number of carbonyl (C=O) groups excluding carboxylic acids is 1. The third-order valence-electron chi connectivity index (χ3n) is 5.14. The largest absolute Gasteiger partial charge is 0.343 e. The van der Waals surface area contributed by atoms with E-state index < -0.39 is 0 Å². The zero-order valence-corrected chi connectivity index (χ0v) is 15.6. The molecule has 140 valence electrons. The molecule has 0 saturated carbocycles. The first-order valence-corrected chi connectivity index (χ1v) is 9.25. The summed E-state index contributed by atoms with van der Waals surface area (Å²) in [7, 11) is 0. The number of amides is 1. The Morgan fingerprint density at radius 3 is 2.70 bits per heavy atom. The summed E-state index contributed by atoms with van der Waals surface area (Å²) in [5, 5.41) is 8.43. The van der Waals surface area contributed by atoms with Crippen molar-refractivity contribution in [1.29, 1.82) is 0 Å². The molecule has 1 saturated heterocycles. The van der Waals surface area contributed by atoms with Crippen LogP contribution in [0.1, 0.15) is 51.9 Å². The van der Waals surface area contributed by atoms with Crippen LogP contribution in [0.2, 0.25) is 0 Å². The molecule has 3 heterocycles. The van der Waals surface area contributed by atoms with E-state index in [1.54, 1.807) is 0 Å². The molecule has 1 aliphatic rings. The Balaban J connectivity index is 1.43. The van der Waals surface area contributed by atoms with Gasteiger partial charge in [-0.25, -0.2) is 0 Å². The topological polar surface area (TPSA) is 77.0 Å². The first-order chi connectivity index (χ1) is 13.1. The fourth-order valence-electron chi connectivity index (χ4n) is 3.69. The number of piperidine rings is 1. The normalized spacial score (nSPS) is 15.3. The van der Waals surface area contributed by atoms with Gasteiger partial charge in [-0.3, -0.25) is 9.48 Å². The molecular weight excluding hydrogens is 342 g/mol. The Hall–Kier alpha value is -2.96. The van der Waals surface area contributed by atoms with Crippen LogP contribution in [0.3, 0.4) is 0 Å². The molecule has 0 bridgehead atoms. The molecule has 1 amide bonds. The number of carbonyl (C=O) groups is 1. The summed E-state index contributed by atoms with van der Waals surface area (Å²) in [6.45, 7) is 6.12. The Morgan fingerprint density at radius 2 is 2.04 bits per heavy atom. The minimum atomic E-state index is 0.0804. The third-order valence-corrected chi connectivity index (χ3v) is 5.14. The Bertz CT molecular complexity index is 924. The van der Waals surface area contributed by atoms with Gasteiger partial charge < -0.3 is 9.42 Å². The highest BCUT2D eigenvalue weighted by Gasteiger charge is 2.26. The summed E-state index contributed by atoms with van der Waals surface area (Å²) in [6.07, 6.45) is 3.08. The van der Waals surface area contributed by atoms with E-state index in [-0.39, 0.29) is 11.8 Å². The van der Waals surface area contributed by atoms with Crippen molar-refractivity contribution in [3.05, 3.63) is 65.1 Å². The Morgan fingerprint density at radius 1 is 1.22 bits per heavy atom. The average molecular weight is 365 g/mol. The summed E-state index contributed by atoms with van der Waals surface area (Å²) in [5.41, 5.74) is 3.93. The maximum absolute atomic E-state index is 12.9. The lowest BCUT2D eigenvalue weighted by atomic mass is 9.95. The molecule has 2 aromatic heterocycles. The molecule has 7 heteroatoms. The molecule has 0 aliphatic carbocycles. The van der Waals surface area contributed by atoms with Crippen molar-refractivity contribution in [1.82, 2.24) is 24.8 Å². The first kappa shape index (κ1) is 17.5. The van der Waals surface area contributed by atoms with Crippen molar-refractivity contribution in [3.63, 3.8) is 0 Å². The number of nitrogens with zero attached hydrogens (tertiary/aromatic N) is 5. The first-order valence-electron chi connectivity index (χ1n) is 9.25. The molecule has 3 aromatic rings. The summed E-state index contributed by atoms with van der Waals surface area (Å²) < 4.78 is 6.80. The highest BCUT2D eigenvalue weighted by Crippen LogP contribution is 2.26. The maximum atomic E-state index is 12.9. The molecule has 1 aromatic carbocycles. The van der Waals surface area contributed by atoms with Crippen molar-refractivity contribution in [2.24, 2.45) is 0 Å². The standard InChI is InChI=1S/C20H23N5O2/c1-14-10-15(2)25(22-14)12-16-4-3-5-18(11-16)20(26)24-8-6-17(7-9-24)19-21-13-27-23-19/h3-5,10-11,13,17H,6-9,12H2,1-2H3. The van der Waals surface area contributed by atoms with Crippen molar-refractivity contribution in [2.75, 3.05) is 13.1 Å². The number of aryl methyl sites for hydroxylation is 2. The summed E-state index contributed by atoms with van der Waals surface area (Å²) >= 11 is 0. The number of rotatable bonds is 4. The van der Waals surface area contributed by atoms with Gasteiger partial charge in [-0.1, -0.05) is 17.3 Å². The van der Waals surface area contributed by atoms with Crippen molar-refractivity contribution >= 4 is 5.91 Å². The van der Waals surface area contributed by atoms with Gasteiger partial charge in [0.25, 0.3) is 5.91 Å². The molecule has 0 N–H and O–H groups in total. The van der Waals surface area contributed by atoms with Crippen molar-refractivity contribution in [2.45, 2.75) is 39.2 Å². The van der Waals surface area contributed by atoms with E-state index in [1.807, 2.05) is 47.7 Å². The molecule has 27 heavy (non-hydrogen) atoms. The van der Waals surface area contributed by atoms with Gasteiger partial charge in [-0.2, -0.15) is 10.1 Å². The molecule has 0 atom stereocenters. The molecule has 7 nitrogen and oxygen atoms in total. The molecule has 1 fully saturated rings. The lowest BCUT2D eigenvalue weighted by Gasteiger charge is -2.30. The Labute approximate surface area is 158 Å². The second-order valence-electron chi connectivity index (χ2n) is 7.14. The van der Waals surface area contributed by atoms with Gasteiger partial charge >= 0.3 is 0 Å². The van der Waals surface area contributed by atoms with Crippen LogP contribution in [-0.4, -0.2) is 43.8 Å². The fraction of sp³-hybridized carbons (Fsp3) is 0.400. The van der Waals surface area contributed by atoms with E-state index in [4.69, 9.17) is 4.52 Å². The second kappa shape index (κ2) is 7.34. The van der Waals surface area contributed by atoms with E-state index in [0.717, 1.165) is 41.2 Å². The van der Waals surface area contributed by atoms with E-state index in [0.29, 0.717) is 19.6 Å². The van der Waals surface area contributed by atoms with E-state index in [2.05, 4.69) is 21.3 Å². The number of hydrogen-bond acceptors (Lipinski definition) is 5. The molecule has 0 unspecified atom stereocenters. The molecular formula is C20H23N5O2. The number of hydrogen-bond donors (Lipinski definition) is 0. The lowest BCUT2D eigenvalue weighted by Crippen LogP contribution is -2.38. The number of aromatic nitrogens is 4. The van der Waals surface area contributed by atoms with Gasteiger partial charge in [0, 0.05) is 30.3 Å². The summed E-state index contributed by atoms with van der Waals surface area (Å²) in [5.74, 6) is 1.09. The van der Waals surface area contributed by atoms with E-state index >= 15 is 0 Å². The monoisotopic (exact) mass is 365 g/mol. The van der Waals surface area contributed by atoms with Gasteiger partial charge in [0.15, 0.2) is 5.82 Å². The molecule has 0 radical (unpaired) electrons. The summed E-state index contributed by atoms with van der Waals surface area (Å²) in [4.78, 5) is 19.0. The van der Waals surface area contributed by atoms with Crippen molar-refractivity contribution in [3.8, 4) is 0 Å². The fourth-order valence-corrected chi connectivity index (χ4v) is 3.69. The minimum absolute atomic E-state index is 0.0804. The molecule has 1 aliphatic heterocycles. The minimum Gasteiger partial charge on any atom is -0.343 e. The average Bonchev–Trinajstić information content (AvgIpc) is 3.32. The predicted molar refractivity (Wildman–Crippen MR) is 99.4 cm³/mol. The van der Waals surface area contributed by atoms with Crippen LogP contribution in [0.4, 0.5) is 0 Å². The zero-order chi connectivity index (χ0) is 18.8. The SMILES string of the molecule is Cc1cc(C)n(Cc2cccc(C(=O)N3CCC(c4ncon4)CC3)c2)n1. The molecule has 4 rings (SSSR count). The van der Waals surface area contributed by atoms with Crippen LogP contribution in [0.5, 0.6) is 0 Å². The van der Waals surface area contributed by atoms with Crippen LogP contribution < -0.4 is 0 Å². The number of likely N-dealkylation sites (tertiary alicyclic amines) is 1. The van der Waals surface area contributed by atoms with Crippen LogP contribution in [0.25, 0.3) is 0 Å². The van der Waals surface area contributed by atoms with Crippen LogP contribution >= 0.6 is 0 Å². The van der Waals surface area contributed by atoms with Gasteiger partial charge in [0.1, 0.15) is 0 Å². The lowest BCUT2D eigenvalue weighted by molar-refractivity contribution is 0.0710.